The second kappa shape index (κ2) is 11.2. The third kappa shape index (κ3) is 7.19. The van der Waals surface area contributed by atoms with Crippen LogP contribution in [0.3, 0.4) is 0 Å². The van der Waals surface area contributed by atoms with Gasteiger partial charge in [0.15, 0.2) is 5.96 Å². The van der Waals surface area contributed by atoms with Crippen LogP contribution in [0.25, 0.3) is 0 Å². The van der Waals surface area contributed by atoms with Crippen molar-refractivity contribution in [2.75, 3.05) is 59.1 Å². The van der Waals surface area contributed by atoms with Crippen molar-refractivity contribution < 1.29 is 0 Å². The minimum atomic E-state index is 0.599. The summed E-state index contributed by atoms with van der Waals surface area (Å²) in [4.78, 5) is 9.84. The lowest BCUT2D eigenvalue weighted by molar-refractivity contribution is 0.275. The molecule has 2 aliphatic rings. The van der Waals surface area contributed by atoms with Crippen molar-refractivity contribution >= 4 is 17.7 Å². The standard InChI is InChI=1S/C18H37N5S/c1-4-19-18(21-16-7-8-17(15-16)24-3)20-9-5-11-23-12-6-10-22(2)13-14-23/h16-17H,4-15H2,1-3H3,(H2,19,20,21). The van der Waals surface area contributed by atoms with E-state index in [4.69, 9.17) is 4.99 Å². The van der Waals surface area contributed by atoms with Crippen LogP contribution in [0.1, 0.15) is 39.0 Å². The fourth-order valence-corrected chi connectivity index (χ4v) is 4.40. The van der Waals surface area contributed by atoms with E-state index < -0.39 is 0 Å². The van der Waals surface area contributed by atoms with Crippen LogP contribution in [-0.2, 0) is 0 Å². The number of nitrogens with zero attached hydrogens (tertiary/aromatic N) is 3. The van der Waals surface area contributed by atoms with Crippen LogP contribution in [0.4, 0.5) is 0 Å². The Morgan fingerprint density at radius 3 is 2.83 bits per heavy atom. The van der Waals surface area contributed by atoms with Crippen LogP contribution < -0.4 is 10.6 Å². The maximum Gasteiger partial charge on any atom is 0.191 e. The highest BCUT2D eigenvalue weighted by molar-refractivity contribution is 7.99. The molecule has 1 aliphatic heterocycles. The molecule has 2 N–H and O–H groups in total. The van der Waals surface area contributed by atoms with Crippen molar-refractivity contribution in [3.05, 3.63) is 0 Å². The molecular weight excluding hydrogens is 318 g/mol. The third-order valence-corrected chi connectivity index (χ3v) is 6.21. The van der Waals surface area contributed by atoms with Gasteiger partial charge in [0, 0.05) is 37.5 Å². The summed E-state index contributed by atoms with van der Waals surface area (Å²) in [7, 11) is 2.23. The lowest BCUT2D eigenvalue weighted by Crippen LogP contribution is -2.42. The Balaban J connectivity index is 1.68. The maximum atomic E-state index is 4.80. The summed E-state index contributed by atoms with van der Waals surface area (Å²) >= 11 is 2.01. The van der Waals surface area contributed by atoms with Gasteiger partial charge in [-0.05, 0) is 72.0 Å². The van der Waals surface area contributed by atoms with Gasteiger partial charge >= 0.3 is 0 Å². The summed E-state index contributed by atoms with van der Waals surface area (Å²) in [5.41, 5.74) is 0. The average molecular weight is 356 g/mol. The monoisotopic (exact) mass is 355 g/mol. The molecule has 24 heavy (non-hydrogen) atoms. The first-order chi connectivity index (χ1) is 11.7. The SMILES string of the molecule is CCNC(=NCCCN1CCCN(C)CC1)NC1CCC(SC)C1. The summed E-state index contributed by atoms with van der Waals surface area (Å²) in [6, 6.07) is 0.599. The van der Waals surface area contributed by atoms with Gasteiger partial charge in [0.25, 0.3) is 0 Å². The molecule has 0 aromatic heterocycles. The molecule has 2 rings (SSSR count). The average Bonchev–Trinajstić information content (AvgIpc) is 2.93. The molecule has 1 saturated carbocycles. The van der Waals surface area contributed by atoms with E-state index in [-0.39, 0.29) is 0 Å². The molecule has 1 heterocycles. The lowest BCUT2D eigenvalue weighted by atomic mass is 10.2. The number of hydrogen-bond donors (Lipinski definition) is 2. The predicted molar refractivity (Wildman–Crippen MR) is 107 cm³/mol. The zero-order chi connectivity index (χ0) is 17.2. The van der Waals surface area contributed by atoms with Gasteiger partial charge in [-0.1, -0.05) is 0 Å². The predicted octanol–water partition coefficient (Wildman–Crippen LogP) is 1.85. The minimum Gasteiger partial charge on any atom is -0.357 e. The number of aliphatic imine (C=N–C) groups is 1. The third-order valence-electron chi connectivity index (χ3n) is 5.12. The van der Waals surface area contributed by atoms with Gasteiger partial charge in [-0.2, -0.15) is 11.8 Å². The number of rotatable bonds is 7. The second-order valence-electron chi connectivity index (χ2n) is 7.12. The molecule has 0 radical (unpaired) electrons. The van der Waals surface area contributed by atoms with Crippen LogP contribution >= 0.6 is 11.8 Å². The largest absolute Gasteiger partial charge is 0.357 e. The van der Waals surface area contributed by atoms with E-state index in [0.29, 0.717) is 6.04 Å². The zero-order valence-corrected chi connectivity index (χ0v) is 16.7. The van der Waals surface area contributed by atoms with Gasteiger partial charge in [0.05, 0.1) is 0 Å². The van der Waals surface area contributed by atoms with E-state index in [1.807, 2.05) is 11.8 Å². The second-order valence-corrected chi connectivity index (χ2v) is 8.26. The molecule has 140 valence electrons. The fourth-order valence-electron chi connectivity index (χ4n) is 3.61. The quantitative estimate of drug-likeness (QED) is 0.414. The Bertz CT molecular complexity index is 376. The molecular formula is C18H37N5S. The fraction of sp³-hybridized carbons (Fsp3) is 0.944. The van der Waals surface area contributed by atoms with Crippen molar-refractivity contribution in [2.45, 2.75) is 50.3 Å². The molecule has 2 unspecified atom stereocenters. The van der Waals surface area contributed by atoms with Gasteiger partial charge in [0.1, 0.15) is 0 Å². The maximum absolute atomic E-state index is 4.80. The van der Waals surface area contributed by atoms with Gasteiger partial charge in [0.2, 0.25) is 0 Å². The summed E-state index contributed by atoms with van der Waals surface area (Å²) in [6.45, 7) is 10.1. The first kappa shape index (κ1) is 19.9. The van der Waals surface area contributed by atoms with Crippen LogP contribution in [0.15, 0.2) is 4.99 Å². The molecule has 1 saturated heterocycles. The Morgan fingerprint density at radius 2 is 2.08 bits per heavy atom. The van der Waals surface area contributed by atoms with Gasteiger partial charge < -0.3 is 20.4 Å². The minimum absolute atomic E-state index is 0.599. The normalized spacial score (nSPS) is 27.2. The Labute approximate surface area is 153 Å². The molecule has 0 aromatic rings. The van der Waals surface area contributed by atoms with E-state index >= 15 is 0 Å². The highest BCUT2D eigenvalue weighted by Gasteiger charge is 2.24. The highest BCUT2D eigenvalue weighted by Crippen LogP contribution is 2.27. The van der Waals surface area contributed by atoms with Crippen molar-refractivity contribution in [1.29, 1.82) is 0 Å². The van der Waals surface area contributed by atoms with E-state index in [1.165, 1.54) is 58.4 Å². The number of thioether (sulfide) groups is 1. The molecule has 5 nitrogen and oxygen atoms in total. The molecule has 0 bridgehead atoms. The van der Waals surface area contributed by atoms with Crippen molar-refractivity contribution in [2.24, 2.45) is 4.99 Å². The summed E-state index contributed by atoms with van der Waals surface area (Å²) in [5, 5.41) is 7.87. The molecule has 0 amide bonds. The lowest BCUT2D eigenvalue weighted by Gasteiger charge is -2.20. The summed E-state index contributed by atoms with van der Waals surface area (Å²) < 4.78 is 0. The topological polar surface area (TPSA) is 42.9 Å². The van der Waals surface area contributed by atoms with E-state index in [9.17, 15) is 0 Å². The van der Waals surface area contributed by atoms with Gasteiger partial charge in [-0.25, -0.2) is 0 Å². The Hall–Kier alpha value is -0.460. The zero-order valence-electron chi connectivity index (χ0n) is 15.9. The molecule has 0 aromatic carbocycles. The first-order valence-electron chi connectivity index (χ1n) is 9.69. The van der Waals surface area contributed by atoms with Crippen molar-refractivity contribution in [3.8, 4) is 0 Å². The molecule has 6 heteroatoms. The smallest absolute Gasteiger partial charge is 0.191 e. The van der Waals surface area contributed by atoms with Crippen molar-refractivity contribution in [3.63, 3.8) is 0 Å². The number of guanidine groups is 1. The molecule has 2 atom stereocenters. The van der Waals surface area contributed by atoms with E-state index in [0.717, 1.165) is 30.7 Å². The van der Waals surface area contributed by atoms with Crippen LogP contribution in [0.2, 0.25) is 0 Å². The summed E-state index contributed by atoms with van der Waals surface area (Å²) in [5.74, 6) is 1.01. The summed E-state index contributed by atoms with van der Waals surface area (Å²) in [6.07, 6.45) is 8.55. The van der Waals surface area contributed by atoms with Gasteiger partial charge in [-0.15, -0.1) is 0 Å². The van der Waals surface area contributed by atoms with E-state index in [2.05, 4.69) is 40.7 Å². The van der Waals surface area contributed by atoms with Crippen LogP contribution in [0, 0.1) is 0 Å². The molecule has 2 fully saturated rings. The van der Waals surface area contributed by atoms with Crippen LogP contribution in [0.5, 0.6) is 0 Å². The number of nitrogens with one attached hydrogen (secondary N) is 2. The number of likely N-dealkylation sites (N-methyl/N-ethyl adjacent to an activating group) is 1. The first-order valence-corrected chi connectivity index (χ1v) is 11.0. The number of hydrogen-bond acceptors (Lipinski definition) is 4. The Morgan fingerprint density at radius 1 is 1.21 bits per heavy atom. The van der Waals surface area contributed by atoms with Crippen molar-refractivity contribution in [1.82, 2.24) is 20.4 Å². The molecule has 1 aliphatic carbocycles. The molecule has 0 spiro atoms. The Kier molecular flexibility index (Phi) is 9.28. The van der Waals surface area contributed by atoms with E-state index in [1.54, 1.807) is 0 Å². The van der Waals surface area contributed by atoms with Gasteiger partial charge in [-0.3, -0.25) is 4.99 Å². The van der Waals surface area contributed by atoms with Crippen LogP contribution in [-0.4, -0.2) is 86.2 Å². The highest BCUT2D eigenvalue weighted by atomic mass is 32.2.